The van der Waals surface area contributed by atoms with Crippen LogP contribution in [0.25, 0.3) is 5.69 Å². The zero-order chi connectivity index (χ0) is 21.1. The van der Waals surface area contributed by atoms with Gasteiger partial charge < -0.3 is 15.3 Å². The number of benzene rings is 2. The summed E-state index contributed by atoms with van der Waals surface area (Å²) in [6.07, 6.45) is 1.41. The summed E-state index contributed by atoms with van der Waals surface area (Å²) in [4.78, 5) is 8.76. The van der Waals surface area contributed by atoms with Gasteiger partial charge in [0.15, 0.2) is 0 Å². The maximum atomic E-state index is 13.5. The van der Waals surface area contributed by atoms with Gasteiger partial charge in [-0.1, -0.05) is 0 Å². The van der Waals surface area contributed by atoms with Gasteiger partial charge in [-0.15, -0.1) is 5.10 Å². The Balaban J connectivity index is 1.48. The fraction of sp³-hybridized carbons (Fsp3) is 0.333. The molecule has 1 aliphatic rings. The van der Waals surface area contributed by atoms with E-state index in [4.69, 9.17) is 5.11 Å². The van der Waals surface area contributed by atoms with Gasteiger partial charge in [-0.3, -0.25) is 4.90 Å². The fourth-order valence-electron chi connectivity index (χ4n) is 3.63. The predicted molar refractivity (Wildman–Crippen MR) is 111 cm³/mol. The Kier molecular flexibility index (Phi) is 5.91. The second-order valence-electron chi connectivity index (χ2n) is 7.37. The van der Waals surface area contributed by atoms with E-state index in [0.29, 0.717) is 12.5 Å². The molecule has 1 fully saturated rings. The van der Waals surface area contributed by atoms with E-state index in [2.05, 4.69) is 31.3 Å². The number of nitrogens with zero attached hydrogens (tertiary/aromatic N) is 5. The SMILES string of the molecule is Cc1cc(Nc2ncn(-c3cc(F)cc(F)c3)n2)cc(N2CCN(CCO)CC2)c1. The zero-order valence-electron chi connectivity index (χ0n) is 16.7. The summed E-state index contributed by atoms with van der Waals surface area (Å²) in [5.41, 5.74) is 3.30. The Bertz CT molecular complexity index is 996. The number of β-amino-alcohol motifs (C(OH)–C–C–N with tert-alkyl or cyclic N) is 1. The summed E-state index contributed by atoms with van der Waals surface area (Å²) >= 11 is 0. The minimum Gasteiger partial charge on any atom is -0.395 e. The molecule has 4 rings (SSSR count). The average molecular weight is 414 g/mol. The molecule has 1 saturated heterocycles. The van der Waals surface area contributed by atoms with E-state index in [9.17, 15) is 8.78 Å². The Hall–Kier alpha value is -3.04. The topological polar surface area (TPSA) is 69.5 Å². The van der Waals surface area contributed by atoms with Gasteiger partial charge in [0.1, 0.15) is 18.0 Å². The highest BCUT2D eigenvalue weighted by Crippen LogP contribution is 2.25. The number of piperazine rings is 1. The van der Waals surface area contributed by atoms with Gasteiger partial charge in [0.2, 0.25) is 5.95 Å². The van der Waals surface area contributed by atoms with Crippen molar-refractivity contribution in [2.45, 2.75) is 6.92 Å². The largest absolute Gasteiger partial charge is 0.395 e. The van der Waals surface area contributed by atoms with Crippen molar-refractivity contribution in [1.29, 1.82) is 0 Å². The van der Waals surface area contributed by atoms with Crippen molar-refractivity contribution < 1.29 is 13.9 Å². The van der Waals surface area contributed by atoms with Crippen LogP contribution >= 0.6 is 0 Å². The molecule has 2 N–H and O–H groups in total. The van der Waals surface area contributed by atoms with Crippen molar-refractivity contribution in [3.8, 4) is 5.69 Å². The lowest BCUT2D eigenvalue weighted by Gasteiger charge is -2.36. The van der Waals surface area contributed by atoms with Gasteiger partial charge in [-0.2, -0.15) is 4.98 Å². The number of aliphatic hydroxyl groups is 1. The third-order valence-electron chi connectivity index (χ3n) is 5.08. The maximum Gasteiger partial charge on any atom is 0.246 e. The average Bonchev–Trinajstić information content (AvgIpc) is 3.16. The molecule has 0 aliphatic carbocycles. The summed E-state index contributed by atoms with van der Waals surface area (Å²) in [5.74, 6) is -1.00. The molecule has 9 heteroatoms. The van der Waals surface area contributed by atoms with Crippen LogP contribution in [0.4, 0.5) is 26.1 Å². The highest BCUT2D eigenvalue weighted by molar-refractivity contribution is 5.64. The van der Waals surface area contributed by atoms with Crippen LogP contribution in [-0.2, 0) is 0 Å². The van der Waals surface area contributed by atoms with E-state index in [1.165, 1.54) is 23.1 Å². The first-order valence-electron chi connectivity index (χ1n) is 9.85. The molecule has 0 amide bonds. The predicted octanol–water partition coefficient (Wildman–Crippen LogP) is 2.71. The first kappa shape index (κ1) is 20.2. The number of aliphatic hydroxyl groups excluding tert-OH is 1. The number of aryl methyl sites for hydroxylation is 1. The molecule has 0 spiro atoms. The summed E-state index contributed by atoms with van der Waals surface area (Å²) in [7, 11) is 0. The van der Waals surface area contributed by atoms with E-state index in [1.54, 1.807) is 0 Å². The van der Waals surface area contributed by atoms with Gasteiger partial charge >= 0.3 is 0 Å². The molecule has 7 nitrogen and oxygen atoms in total. The molecule has 0 unspecified atom stereocenters. The molecule has 3 aromatic rings. The second-order valence-corrected chi connectivity index (χ2v) is 7.37. The van der Waals surface area contributed by atoms with Gasteiger partial charge in [-0.25, -0.2) is 13.5 Å². The molecule has 1 aliphatic heterocycles. The number of halogens is 2. The van der Waals surface area contributed by atoms with Gasteiger partial charge in [0.05, 0.1) is 12.3 Å². The lowest BCUT2D eigenvalue weighted by Crippen LogP contribution is -2.47. The van der Waals surface area contributed by atoms with Gasteiger partial charge in [0.25, 0.3) is 0 Å². The van der Waals surface area contributed by atoms with Crippen molar-refractivity contribution in [3.63, 3.8) is 0 Å². The number of hydrogen-bond donors (Lipinski definition) is 2. The molecule has 2 aromatic carbocycles. The van der Waals surface area contributed by atoms with Crippen molar-refractivity contribution in [2.75, 3.05) is 49.5 Å². The normalized spacial score (nSPS) is 14.9. The summed E-state index contributed by atoms with van der Waals surface area (Å²) in [5, 5.41) is 16.6. The fourth-order valence-corrected chi connectivity index (χ4v) is 3.63. The molecule has 0 radical (unpaired) electrons. The van der Waals surface area contributed by atoms with E-state index in [-0.39, 0.29) is 12.3 Å². The van der Waals surface area contributed by atoms with Crippen LogP contribution in [0.1, 0.15) is 5.56 Å². The zero-order valence-corrected chi connectivity index (χ0v) is 16.7. The molecule has 30 heavy (non-hydrogen) atoms. The molecule has 1 aromatic heterocycles. The molecular formula is C21H24F2N6O. The smallest absolute Gasteiger partial charge is 0.246 e. The Morgan fingerprint density at radius 2 is 1.70 bits per heavy atom. The maximum absolute atomic E-state index is 13.5. The highest BCUT2D eigenvalue weighted by atomic mass is 19.1. The molecular weight excluding hydrogens is 390 g/mol. The minimum absolute atomic E-state index is 0.181. The van der Waals surface area contributed by atoms with E-state index >= 15 is 0 Å². The van der Waals surface area contributed by atoms with Crippen LogP contribution in [0, 0.1) is 18.6 Å². The Labute approximate surface area is 173 Å². The molecule has 0 saturated carbocycles. The van der Waals surface area contributed by atoms with Gasteiger partial charge in [-0.05, 0) is 42.8 Å². The van der Waals surface area contributed by atoms with Crippen LogP contribution in [0.5, 0.6) is 0 Å². The number of hydrogen-bond acceptors (Lipinski definition) is 6. The quantitative estimate of drug-likeness (QED) is 0.647. The van der Waals surface area contributed by atoms with Crippen LogP contribution in [-0.4, -0.2) is 64.1 Å². The van der Waals surface area contributed by atoms with E-state index < -0.39 is 11.6 Å². The number of aromatic nitrogens is 3. The van der Waals surface area contributed by atoms with Gasteiger partial charge in [0, 0.05) is 50.2 Å². The number of nitrogens with one attached hydrogen (secondary N) is 1. The Morgan fingerprint density at radius 3 is 2.40 bits per heavy atom. The number of rotatable bonds is 6. The lowest BCUT2D eigenvalue weighted by molar-refractivity contribution is 0.189. The van der Waals surface area contributed by atoms with E-state index in [0.717, 1.165) is 49.2 Å². The van der Waals surface area contributed by atoms with Crippen LogP contribution < -0.4 is 10.2 Å². The Morgan fingerprint density at radius 1 is 0.967 bits per heavy atom. The third kappa shape index (κ3) is 4.74. The first-order chi connectivity index (χ1) is 14.5. The van der Waals surface area contributed by atoms with E-state index in [1.807, 2.05) is 19.1 Å². The minimum atomic E-state index is -0.669. The molecule has 2 heterocycles. The molecule has 158 valence electrons. The third-order valence-corrected chi connectivity index (χ3v) is 5.08. The van der Waals surface area contributed by atoms with Crippen molar-refractivity contribution in [1.82, 2.24) is 19.7 Å². The van der Waals surface area contributed by atoms with Crippen molar-refractivity contribution >= 4 is 17.3 Å². The standard InChI is InChI=1S/C21H24F2N6O/c1-15-8-18(13-19(9-15)28-4-2-27(3-5-28)6-7-30)25-21-24-14-29(26-21)20-11-16(22)10-17(23)12-20/h8-14,30H,2-7H2,1H3,(H,25,26). The molecule has 0 atom stereocenters. The van der Waals surface area contributed by atoms with Crippen LogP contribution in [0.2, 0.25) is 0 Å². The first-order valence-corrected chi connectivity index (χ1v) is 9.85. The summed E-state index contributed by atoms with van der Waals surface area (Å²) in [6, 6.07) is 9.38. The number of anilines is 3. The van der Waals surface area contributed by atoms with Crippen molar-refractivity contribution in [2.24, 2.45) is 0 Å². The lowest BCUT2D eigenvalue weighted by atomic mass is 10.1. The summed E-state index contributed by atoms with van der Waals surface area (Å²) < 4.78 is 28.3. The van der Waals surface area contributed by atoms with Crippen LogP contribution in [0.15, 0.2) is 42.7 Å². The monoisotopic (exact) mass is 414 g/mol. The van der Waals surface area contributed by atoms with Crippen LogP contribution in [0.3, 0.4) is 0 Å². The summed E-state index contributed by atoms with van der Waals surface area (Å²) in [6.45, 7) is 6.51. The molecule has 0 bridgehead atoms. The van der Waals surface area contributed by atoms with Crippen molar-refractivity contribution in [3.05, 3.63) is 59.9 Å². The highest BCUT2D eigenvalue weighted by Gasteiger charge is 2.17. The second kappa shape index (κ2) is 8.76.